The summed E-state index contributed by atoms with van der Waals surface area (Å²) in [7, 11) is 0. The summed E-state index contributed by atoms with van der Waals surface area (Å²) in [6.45, 7) is 0. The molecule has 1 aromatic carbocycles. The summed E-state index contributed by atoms with van der Waals surface area (Å²) in [6.07, 6.45) is 0.606. The molecule has 2 aromatic rings. The Labute approximate surface area is 95.2 Å². The largest absolute Gasteiger partial charge is 0.493 e. The van der Waals surface area contributed by atoms with E-state index in [1.165, 1.54) is 4.57 Å². The highest BCUT2D eigenvalue weighted by molar-refractivity contribution is 7.73. The molecule has 1 heterocycles. The minimum atomic E-state index is -0.0915. The number of benzene rings is 1. The van der Waals surface area contributed by atoms with E-state index < -0.39 is 0 Å². The van der Waals surface area contributed by atoms with Crippen molar-refractivity contribution >= 4 is 29.8 Å². The van der Waals surface area contributed by atoms with Crippen LogP contribution >= 0.6 is 23.6 Å². The normalized spacial score (nSPS) is 10.1. The highest BCUT2D eigenvalue weighted by Crippen LogP contribution is 2.27. The number of aromatic hydroxyl groups is 1. The van der Waals surface area contributed by atoms with Gasteiger partial charge in [-0.2, -0.15) is 0 Å². The lowest BCUT2D eigenvalue weighted by Gasteiger charge is -2.03. The Kier molecular flexibility index (Phi) is 2.66. The van der Waals surface area contributed by atoms with Gasteiger partial charge < -0.3 is 5.11 Å². The lowest BCUT2D eigenvalue weighted by molar-refractivity contribution is 0.112. The van der Waals surface area contributed by atoms with Crippen LogP contribution in [-0.4, -0.2) is 16.0 Å². The van der Waals surface area contributed by atoms with E-state index in [9.17, 15) is 9.90 Å². The zero-order chi connectivity index (χ0) is 10.8. The number of aldehydes is 1. The molecule has 0 bridgehead atoms. The van der Waals surface area contributed by atoms with E-state index in [1.807, 2.05) is 30.3 Å². The SMILES string of the molecule is O=Cc1sc(=S)n(-c2ccccc2)c1O. The second kappa shape index (κ2) is 3.96. The van der Waals surface area contributed by atoms with Crippen molar-refractivity contribution in [3.05, 3.63) is 39.2 Å². The first-order chi connectivity index (χ1) is 7.24. The Morgan fingerprint density at radius 2 is 2.00 bits per heavy atom. The average molecular weight is 237 g/mol. The predicted octanol–water partition coefficient (Wildman–Crippen LogP) is 2.79. The lowest BCUT2D eigenvalue weighted by atomic mass is 10.3. The van der Waals surface area contributed by atoms with Gasteiger partial charge >= 0.3 is 0 Å². The molecule has 76 valence electrons. The van der Waals surface area contributed by atoms with Crippen molar-refractivity contribution < 1.29 is 9.90 Å². The maximum Gasteiger partial charge on any atom is 0.218 e. The monoisotopic (exact) mass is 237 g/mol. The van der Waals surface area contributed by atoms with Crippen LogP contribution in [0.25, 0.3) is 5.69 Å². The number of hydrogen-bond donors (Lipinski definition) is 1. The molecular formula is C10H7NO2S2. The van der Waals surface area contributed by atoms with Crippen molar-refractivity contribution in [3.8, 4) is 11.6 Å². The van der Waals surface area contributed by atoms with Gasteiger partial charge in [-0.05, 0) is 24.4 Å². The second-order valence-corrected chi connectivity index (χ2v) is 4.52. The maximum atomic E-state index is 10.6. The second-order valence-electron chi connectivity index (χ2n) is 2.84. The first-order valence-corrected chi connectivity index (χ1v) is 5.42. The van der Waals surface area contributed by atoms with Crippen molar-refractivity contribution in [3.63, 3.8) is 0 Å². The number of nitrogens with zero attached hydrogens (tertiary/aromatic N) is 1. The summed E-state index contributed by atoms with van der Waals surface area (Å²) in [4.78, 5) is 10.9. The molecule has 1 N–H and O–H groups in total. The summed E-state index contributed by atoms with van der Waals surface area (Å²) in [6, 6.07) is 9.19. The standard InChI is InChI=1S/C10H7NO2S2/c12-6-8-9(13)11(10(14)15-8)7-4-2-1-3-5-7/h1-6,13H. The third kappa shape index (κ3) is 1.71. The van der Waals surface area contributed by atoms with Gasteiger partial charge in [-0.25, -0.2) is 0 Å². The molecule has 0 atom stereocenters. The van der Waals surface area contributed by atoms with Crippen LogP contribution in [-0.2, 0) is 0 Å². The molecular weight excluding hydrogens is 230 g/mol. The third-order valence-corrected chi connectivity index (χ3v) is 3.22. The number of aromatic nitrogens is 1. The van der Waals surface area contributed by atoms with E-state index in [4.69, 9.17) is 12.2 Å². The van der Waals surface area contributed by atoms with Gasteiger partial charge in [-0.1, -0.05) is 29.5 Å². The maximum absolute atomic E-state index is 10.6. The van der Waals surface area contributed by atoms with Gasteiger partial charge in [0, 0.05) is 0 Å². The first-order valence-electron chi connectivity index (χ1n) is 4.19. The third-order valence-electron chi connectivity index (χ3n) is 1.93. The van der Waals surface area contributed by atoms with Gasteiger partial charge in [-0.15, -0.1) is 0 Å². The quantitative estimate of drug-likeness (QED) is 0.645. The molecule has 3 nitrogen and oxygen atoms in total. The smallest absolute Gasteiger partial charge is 0.218 e. The van der Waals surface area contributed by atoms with Crippen LogP contribution < -0.4 is 0 Å². The molecule has 0 saturated carbocycles. The van der Waals surface area contributed by atoms with Crippen molar-refractivity contribution in [2.24, 2.45) is 0 Å². The highest BCUT2D eigenvalue weighted by Gasteiger charge is 2.11. The Morgan fingerprint density at radius 1 is 1.33 bits per heavy atom. The molecule has 0 fully saturated rings. The van der Waals surface area contributed by atoms with E-state index in [0.717, 1.165) is 17.0 Å². The molecule has 0 unspecified atom stereocenters. The number of carbonyl (C=O) groups excluding carboxylic acids is 1. The van der Waals surface area contributed by atoms with Crippen LogP contribution in [0.2, 0.25) is 0 Å². The van der Waals surface area contributed by atoms with Crippen LogP contribution in [0.5, 0.6) is 5.88 Å². The number of carbonyl (C=O) groups is 1. The summed E-state index contributed by atoms with van der Waals surface area (Å²) in [5.74, 6) is -0.0915. The minimum absolute atomic E-state index is 0.0915. The molecule has 0 aliphatic carbocycles. The predicted molar refractivity (Wildman–Crippen MR) is 61.5 cm³/mol. The molecule has 5 heteroatoms. The van der Waals surface area contributed by atoms with E-state index in [-0.39, 0.29) is 10.8 Å². The molecule has 0 aliphatic rings. The fraction of sp³-hybridized carbons (Fsp3) is 0. The highest BCUT2D eigenvalue weighted by atomic mass is 32.1. The van der Waals surface area contributed by atoms with Gasteiger partial charge in [0.25, 0.3) is 0 Å². The molecule has 15 heavy (non-hydrogen) atoms. The lowest BCUT2D eigenvalue weighted by Crippen LogP contribution is -1.92. The summed E-state index contributed by atoms with van der Waals surface area (Å²) in [5, 5.41) is 9.74. The Hall–Kier alpha value is -1.46. The fourth-order valence-electron chi connectivity index (χ4n) is 1.26. The van der Waals surface area contributed by atoms with Crippen LogP contribution in [0, 0.1) is 3.95 Å². The van der Waals surface area contributed by atoms with Crippen molar-refractivity contribution in [1.29, 1.82) is 0 Å². The van der Waals surface area contributed by atoms with Crippen LogP contribution in [0.3, 0.4) is 0 Å². The molecule has 0 aliphatic heterocycles. The van der Waals surface area contributed by atoms with Gasteiger partial charge in [0.15, 0.2) is 10.2 Å². The molecule has 0 amide bonds. The summed E-state index contributed by atoms with van der Waals surface area (Å²) < 4.78 is 1.94. The molecule has 1 aromatic heterocycles. The van der Waals surface area contributed by atoms with Gasteiger partial charge in [0.1, 0.15) is 4.88 Å². The van der Waals surface area contributed by atoms with E-state index in [0.29, 0.717) is 10.2 Å². The van der Waals surface area contributed by atoms with Crippen molar-refractivity contribution in [1.82, 2.24) is 4.57 Å². The number of rotatable bonds is 2. The molecule has 0 spiro atoms. The number of hydrogen-bond acceptors (Lipinski definition) is 4. The van der Waals surface area contributed by atoms with Gasteiger partial charge in [-0.3, -0.25) is 9.36 Å². The number of para-hydroxylation sites is 1. The molecule has 0 radical (unpaired) electrons. The Morgan fingerprint density at radius 3 is 2.53 bits per heavy atom. The molecule has 2 rings (SSSR count). The summed E-state index contributed by atoms with van der Waals surface area (Å²) in [5.41, 5.74) is 0.754. The van der Waals surface area contributed by atoms with Crippen LogP contribution in [0.1, 0.15) is 9.67 Å². The Balaban J connectivity index is 2.69. The average Bonchev–Trinajstić information content (AvgIpc) is 2.55. The topological polar surface area (TPSA) is 42.2 Å². The van der Waals surface area contributed by atoms with Crippen molar-refractivity contribution in [2.75, 3.05) is 0 Å². The fourth-order valence-corrected chi connectivity index (χ4v) is 2.43. The van der Waals surface area contributed by atoms with E-state index in [2.05, 4.69) is 0 Å². The van der Waals surface area contributed by atoms with Crippen LogP contribution in [0.4, 0.5) is 0 Å². The minimum Gasteiger partial charge on any atom is -0.493 e. The summed E-state index contributed by atoms with van der Waals surface area (Å²) >= 11 is 6.17. The zero-order valence-corrected chi connectivity index (χ0v) is 9.22. The molecule has 0 saturated heterocycles. The van der Waals surface area contributed by atoms with Crippen molar-refractivity contribution in [2.45, 2.75) is 0 Å². The number of thiazole rings is 1. The van der Waals surface area contributed by atoms with E-state index >= 15 is 0 Å². The van der Waals surface area contributed by atoms with Gasteiger partial charge in [0.05, 0.1) is 5.69 Å². The van der Waals surface area contributed by atoms with E-state index in [1.54, 1.807) is 0 Å². The first kappa shape index (κ1) is 10.1. The Bertz CT molecular complexity index is 542. The van der Waals surface area contributed by atoms with Crippen LogP contribution in [0.15, 0.2) is 30.3 Å². The zero-order valence-electron chi connectivity index (χ0n) is 7.58. The van der Waals surface area contributed by atoms with Gasteiger partial charge in [0.2, 0.25) is 5.88 Å².